The molecule has 0 spiro atoms. The average Bonchev–Trinajstić information content (AvgIpc) is 3.04. The highest BCUT2D eigenvalue weighted by Gasteiger charge is 2.26. The Morgan fingerprint density at radius 3 is 2.52 bits per heavy atom. The zero-order valence-electron chi connectivity index (χ0n) is 12.9. The lowest BCUT2D eigenvalue weighted by atomic mass is 10.0. The van der Waals surface area contributed by atoms with Crippen molar-refractivity contribution in [3.8, 4) is 11.5 Å². The Bertz CT molecular complexity index is 430. The maximum absolute atomic E-state index is 6.55. The predicted octanol–water partition coefficient (Wildman–Crippen LogP) is 4.72. The van der Waals surface area contributed by atoms with Crippen molar-refractivity contribution in [3.63, 3.8) is 0 Å². The standard InChI is InChI=1S/C17H25ClO3/c1-3-9-19-14-8-7-13(12-16(14)20-10-4-2)17(18)15-6-5-11-21-15/h7-8,12,15,17H,3-6,9-11H2,1-2H3. The zero-order valence-corrected chi connectivity index (χ0v) is 13.7. The monoisotopic (exact) mass is 312 g/mol. The maximum atomic E-state index is 6.55. The molecule has 0 N–H and O–H groups in total. The number of benzene rings is 1. The number of hydrogen-bond acceptors (Lipinski definition) is 3. The highest BCUT2D eigenvalue weighted by atomic mass is 35.5. The van der Waals surface area contributed by atoms with E-state index in [4.69, 9.17) is 25.8 Å². The highest BCUT2D eigenvalue weighted by Crippen LogP contribution is 2.37. The van der Waals surface area contributed by atoms with E-state index in [1.54, 1.807) is 0 Å². The van der Waals surface area contributed by atoms with Crippen LogP contribution in [0.2, 0.25) is 0 Å². The first kappa shape index (κ1) is 16.4. The molecule has 118 valence electrons. The number of alkyl halides is 1. The van der Waals surface area contributed by atoms with Gasteiger partial charge in [-0.15, -0.1) is 11.6 Å². The Morgan fingerprint density at radius 1 is 1.19 bits per heavy atom. The molecule has 2 rings (SSSR count). The van der Waals surface area contributed by atoms with Gasteiger partial charge in [-0.3, -0.25) is 0 Å². The van der Waals surface area contributed by atoms with Gasteiger partial charge in [-0.1, -0.05) is 19.9 Å². The SMILES string of the molecule is CCCOc1ccc(C(Cl)C2CCCO2)cc1OCCC. The van der Waals surface area contributed by atoms with Gasteiger partial charge in [0.25, 0.3) is 0 Å². The first-order chi connectivity index (χ1) is 10.3. The minimum absolute atomic E-state index is 0.105. The molecule has 1 fully saturated rings. The molecule has 0 aliphatic carbocycles. The van der Waals surface area contributed by atoms with E-state index in [0.717, 1.165) is 49.4 Å². The summed E-state index contributed by atoms with van der Waals surface area (Å²) in [4.78, 5) is 0. The van der Waals surface area contributed by atoms with Gasteiger partial charge in [0, 0.05) is 6.61 Å². The Balaban J connectivity index is 2.14. The van der Waals surface area contributed by atoms with Crippen molar-refractivity contribution < 1.29 is 14.2 Å². The molecular formula is C17H25ClO3. The van der Waals surface area contributed by atoms with E-state index < -0.39 is 0 Å². The van der Waals surface area contributed by atoms with E-state index in [1.165, 1.54) is 0 Å². The van der Waals surface area contributed by atoms with Crippen LogP contribution in [0.5, 0.6) is 11.5 Å². The summed E-state index contributed by atoms with van der Waals surface area (Å²) < 4.78 is 17.2. The summed E-state index contributed by atoms with van der Waals surface area (Å²) in [5.74, 6) is 1.58. The molecular weight excluding hydrogens is 288 g/mol. The fourth-order valence-electron chi connectivity index (χ4n) is 2.40. The molecule has 0 bridgehead atoms. The molecule has 0 amide bonds. The van der Waals surface area contributed by atoms with Crippen LogP contribution < -0.4 is 9.47 Å². The van der Waals surface area contributed by atoms with Crippen LogP contribution in [0.1, 0.15) is 50.5 Å². The van der Waals surface area contributed by atoms with Gasteiger partial charge in [0.15, 0.2) is 11.5 Å². The van der Waals surface area contributed by atoms with Crippen LogP contribution in [-0.2, 0) is 4.74 Å². The van der Waals surface area contributed by atoms with E-state index in [0.29, 0.717) is 13.2 Å². The maximum Gasteiger partial charge on any atom is 0.161 e. The minimum Gasteiger partial charge on any atom is -0.490 e. The van der Waals surface area contributed by atoms with Crippen molar-refractivity contribution in [2.24, 2.45) is 0 Å². The van der Waals surface area contributed by atoms with Crippen molar-refractivity contribution in [1.82, 2.24) is 0 Å². The lowest BCUT2D eigenvalue weighted by molar-refractivity contribution is 0.107. The summed E-state index contributed by atoms with van der Waals surface area (Å²) in [6.45, 7) is 6.36. The summed E-state index contributed by atoms with van der Waals surface area (Å²) in [6.07, 6.45) is 4.15. The summed E-state index contributed by atoms with van der Waals surface area (Å²) >= 11 is 6.55. The van der Waals surface area contributed by atoms with Gasteiger partial charge in [0.1, 0.15) is 0 Å². The molecule has 1 aliphatic heterocycles. The second kappa shape index (κ2) is 8.50. The van der Waals surface area contributed by atoms with Crippen molar-refractivity contribution >= 4 is 11.6 Å². The lowest BCUT2D eigenvalue weighted by Crippen LogP contribution is -2.13. The molecule has 2 unspecified atom stereocenters. The zero-order chi connectivity index (χ0) is 15.1. The molecule has 0 radical (unpaired) electrons. The normalized spacial score (nSPS) is 19.5. The summed E-state index contributed by atoms with van der Waals surface area (Å²) in [5, 5.41) is -0.128. The molecule has 0 saturated carbocycles. The third-order valence-electron chi connectivity index (χ3n) is 3.50. The van der Waals surface area contributed by atoms with Crippen LogP contribution in [0.15, 0.2) is 18.2 Å². The Hall–Kier alpha value is -0.930. The van der Waals surface area contributed by atoms with E-state index in [1.807, 2.05) is 18.2 Å². The Labute approximate surface area is 132 Å². The topological polar surface area (TPSA) is 27.7 Å². The summed E-state index contributed by atoms with van der Waals surface area (Å²) in [6, 6.07) is 5.98. The van der Waals surface area contributed by atoms with Crippen molar-refractivity contribution in [2.75, 3.05) is 19.8 Å². The molecule has 0 aromatic heterocycles. The molecule has 3 nitrogen and oxygen atoms in total. The highest BCUT2D eigenvalue weighted by molar-refractivity contribution is 6.21. The van der Waals surface area contributed by atoms with Crippen molar-refractivity contribution in [2.45, 2.75) is 51.0 Å². The second-order valence-corrected chi connectivity index (χ2v) is 5.83. The molecule has 1 aliphatic rings. The molecule has 1 heterocycles. The number of ether oxygens (including phenoxy) is 3. The first-order valence-corrected chi connectivity index (χ1v) is 8.35. The van der Waals surface area contributed by atoms with E-state index in [-0.39, 0.29) is 11.5 Å². The smallest absolute Gasteiger partial charge is 0.161 e. The van der Waals surface area contributed by atoms with E-state index in [2.05, 4.69) is 13.8 Å². The van der Waals surface area contributed by atoms with Gasteiger partial charge < -0.3 is 14.2 Å². The molecule has 1 aromatic rings. The van der Waals surface area contributed by atoms with Crippen LogP contribution in [0.4, 0.5) is 0 Å². The van der Waals surface area contributed by atoms with Crippen LogP contribution in [-0.4, -0.2) is 25.9 Å². The van der Waals surface area contributed by atoms with E-state index >= 15 is 0 Å². The third-order valence-corrected chi connectivity index (χ3v) is 4.03. The van der Waals surface area contributed by atoms with Gasteiger partial charge in [-0.05, 0) is 43.4 Å². The Kier molecular flexibility index (Phi) is 6.65. The molecule has 1 aromatic carbocycles. The molecule has 1 saturated heterocycles. The Morgan fingerprint density at radius 2 is 1.90 bits per heavy atom. The van der Waals surface area contributed by atoms with Gasteiger partial charge in [-0.2, -0.15) is 0 Å². The number of hydrogen-bond donors (Lipinski definition) is 0. The summed E-state index contributed by atoms with van der Waals surface area (Å²) in [7, 11) is 0. The van der Waals surface area contributed by atoms with Gasteiger partial charge in [-0.25, -0.2) is 0 Å². The van der Waals surface area contributed by atoms with Crippen LogP contribution >= 0.6 is 11.6 Å². The average molecular weight is 313 g/mol. The molecule has 4 heteroatoms. The fraction of sp³-hybridized carbons (Fsp3) is 0.647. The van der Waals surface area contributed by atoms with Crippen molar-refractivity contribution in [1.29, 1.82) is 0 Å². The summed E-state index contributed by atoms with van der Waals surface area (Å²) in [5.41, 5.74) is 1.04. The van der Waals surface area contributed by atoms with Gasteiger partial charge in [0.2, 0.25) is 0 Å². The first-order valence-electron chi connectivity index (χ1n) is 7.91. The fourth-order valence-corrected chi connectivity index (χ4v) is 2.73. The van der Waals surface area contributed by atoms with Gasteiger partial charge in [0.05, 0.1) is 24.7 Å². The predicted molar refractivity (Wildman–Crippen MR) is 85.6 cm³/mol. The van der Waals surface area contributed by atoms with Gasteiger partial charge >= 0.3 is 0 Å². The quantitative estimate of drug-likeness (QED) is 0.650. The minimum atomic E-state index is -0.128. The van der Waals surface area contributed by atoms with Crippen molar-refractivity contribution in [3.05, 3.63) is 23.8 Å². The van der Waals surface area contributed by atoms with Crippen LogP contribution in [0, 0.1) is 0 Å². The lowest BCUT2D eigenvalue weighted by Gasteiger charge is -2.19. The van der Waals surface area contributed by atoms with E-state index in [9.17, 15) is 0 Å². The van der Waals surface area contributed by atoms with Crippen LogP contribution in [0.3, 0.4) is 0 Å². The molecule has 21 heavy (non-hydrogen) atoms. The molecule has 2 atom stereocenters. The van der Waals surface area contributed by atoms with Crippen LogP contribution in [0.25, 0.3) is 0 Å². The largest absolute Gasteiger partial charge is 0.490 e. The second-order valence-electron chi connectivity index (χ2n) is 5.36. The third kappa shape index (κ3) is 4.52. The number of halogens is 1. The number of rotatable bonds is 8.